The van der Waals surface area contributed by atoms with Crippen LogP contribution in [0.25, 0.3) is 0 Å². The molecule has 2 atom stereocenters. The zero-order valence-corrected chi connectivity index (χ0v) is 15.0. The average molecular weight is 337 g/mol. The Labute approximate surface area is 150 Å². The molecule has 0 radical (unpaired) electrons. The maximum absolute atomic E-state index is 12.1. The number of piperidine rings is 1. The van der Waals surface area contributed by atoms with Crippen molar-refractivity contribution in [3.8, 4) is 0 Å². The van der Waals surface area contributed by atoms with Gasteiger partial charge in [-0.3, -0.25) is 0 Å². The second kappa shape index (κ2) is 8.06. The molecule has 2 aromatic carbocycles. The highest BCUT2D eigenvalue weighted by atomic mass is 16.2. The molecular weight excluding hydrogens is 310 g/mol. The molecule has 1 aliphatic rings. The topological polar surface area (TPSA) is 44.4 Å². The van der Waals surface area contributed by atoms with Crippen LogP contribution >= 0.6 is 0 Å². The molecule has 2 aromatic rings. The molecule has 132 valence electrons. The Kier molecular flexibility index (Phi) is 5.59. The van der Waals surface area contributed by atoms with Crippen LogP contribution in [0.1, 0.15) is 38.3 Å². The molecule has 1 saturated heterocycles. The molecule has 1 heterocycles. The molecule has 0 bridgehead atoms. The first-order chi connectivity index (χ1) is 12.1. The zero-order chi connectivity index (χ0) is 17.6. The van der Waals surface area contributed by atoms with Gasteiger partial charge in [-0.05, 0) is 55.5 Å². The van der Waals surface area contributed by atoms with Gasteiger partial charge in [0.25, 0.3) is 0 Å². The predicted octanol–water partition coefficient (Wildman–Crippen LogP) is 4.81. The number of para-hydroxylation sites is 1. The van der Waals surface area contributed by atoms with Crippen molar-refractivity contribution in [2.45, 2.75) is 32.7 Å². The third-order valence-electron chi connectivity index (χ3n) is 4.79. The second-order valence-electron chi connectivity index (χ2n) is 6.97. The Hall–Kier alpha value is -2.49. The van der Waals surface area contributed by atoms with E-state index in [9.17, 15) is 4.79 Å². The third-order valence-corrected chi connectivity index (χ3v) is 4.79. The molecule has 0 aliphatic carbocycles. The van der Waals surface area contributed by atoms with Gasteiger partial charge in [0, 0.05) is 24.5 Å². The lowest BCUT2D eigenvalue weighted by Crippen LogP contribution is -2.34. The Morgan fingerprint density at radius 3 is 2.52 bits per heavy atom. The molecule has 4 nitrogen and oxygen atoms in total. The molecule has 1 aliphatic heterocycles. The SMILES string of the molecule is C[C@@H]1CCCN(c2ccc([C@@H](C)NC(=O)Nc3ccccc3)cc2)C1. The van der Waals surface area contributed by atoms with Crippen molar-refractivity contribution in [2.24, 2.45) is 5.92 Å². The van der Waals surface area contributed by atoms with Gasteiger partial charge in [-0.15, -0.1) is 0 Å². The Morgan fingerprint density at radius 2 is 1.84 bits per heavy atom. The molecule has 25 heavy (non-hydrogen) atoms. The number of carbonyl (C=O) groups is 1. The van der Waals surface area contributed by atoms with Crippen LogP contribution in [-0.4, -0.2) is 19.1 Å². The minimum Gasteiger partial charge on any atom is -0.371 e. The molecule has 0 unspecified atom stereocenters. The molecule has 4 heteroatoms. The molecule has 0 aromatic heterocycles. The van der Waals surface area contributed by atoms with Crippen LogP contribution in [0, 0.1) is 5.92 Å². The zero-order valence-electron chi connectivity index (χ0n) is 15.0. The van der Waals surface area contributed by atoms with Crippen molar-refractivity contribution in [1.82, 2.24) is 5.32 Å². The highest BCUT2D eigenvalue weighted by Crippen LogP contribution is 2.24. The summed E-state index contributed by atoms with van der Waals surface area (Å²) in [4.78, 5) is 14.6. The maximum atomic E-state index is 12.1. The van der Waals surface area contributed by atoms with Crippen LogP contribution in [0.2, 0.25) is 0 Å². The number of benzene rings is 2. The van der Waals surface area contributed by atoms with E-state index in [2.05, 4.69) is 46.7 Å². The van der Waals surface area contributed by atoms with Crippen LogP contribution < -0.4 is 15.5 Å². The molecule has 2 N–H and O–H groups in total. The molecule has 3 rings (SSSR count). The quantitative estimate of drug-likeness (QED) is 0.841. The monoisotopic (exact) mass is 337 g/mol. The summed E-state index contributed by atoms with van der Waals surface area (Å²) in [5.41, 5.74) is 3.18. The number of rotatable bonds is 4. The van der Waals surface area contributed by atoms with Gasteiger partial charge in [-0.25, -0.2) is 4.79 Å². The Morgan fingerprint density at radius 1 is 1.12 bits per heavy atom. The van der Waals surface area contributed by atoms with Gasteiger partial charge in [-0.1, -0.05) is 37.3 Å². The summed E-state index contributed by atoms with van der Waals surface area (Å²) in [6, 6.07) is 17.8. The van der Waals surface area contributed by atoms with E-state index in [-0.39, 0.29) is 12.1 Å². The van der Waals surface area contributed by atoms with Gasteiger partial charge >= 0.3 is 6.03 Å². The number of amides is 2. The van der Waals surface area contributed by atoms with Crippen molar-refractivity contribution in [3.05, 3.63) is 60.2 Å². The molecule has 1 fully saturated rings. The summed E-state index contributed by atoms with van der Waals surface area (Å²) >= 11 is 0. The molecule has 0 spiro atoms. The minimum atomic E-state index is -0.187. The number of urea groups is 1. The summed E-state index contributed by atoms with van der Waals surface area (Å²) in [7, 11) is 0. The number of nitrogens with one attached hydrogen (secondary N) is 2. The average Bonchev–Trinajstić information content (AvgIpc) is 2.62. The number of carbonyl (C=O) groups excluding carboxylic acids is 1. The first-order valence-electron chi connectivity index (χ1n) is 9.09. The van der Waals surface area contributed by atoms with Crippen molar-refractivity contribution in [3.63, 3.8) is 0 Å². The van der Waals surface area contributed by atoms with Gasteiger partial charge in [-0.2, -0.15) is 0 Å². The van der Waals surface area contributed by atoms with Gasteiger partial charge in [0.15, 0.2) is 0 Å². The van der Waals surface area contributed by atoms with Crippen molar-refractivity contribution < 1.29 is 4.79 Å². The standard InChI is InChI=1S/C21H27N3O/c1-16-7-6-14-24(15-16)20-12-10-18(11-13-20)17(2)22-21(25)23-19-8-4-3-5-9-19/h3-5,8-13,16-17H,6-7,14-15H2,1-2H3,(H2,22,23,25)/t16-,17-/m1/s1. The van der Waals surface area contributed by atoms with Crippen molar-refractivity contribution in [2.75, 3.05) is 23.3 Å². The van der Waals surface area contributed by atoms with Gasteiger partial charge in [0.2, 0.25) is 0 Å². The lowest BCUT2D eigenvalue weighted by molar-refractivity contribution is 0.249. The van der Waals surface area contributed by atoms with E-state index in [1.807, 2.05) is 37.3 Å². The molecular formula is C21H27N3O. The van der Waals surface area contributed by atoms with E-state index in [0.29, 0.717) is 0 Å². The van der Waals surface area contributed by atoms with Crippen LogP contribution in [0.5, 0.6) is 0 Å². The maximum Gasteiger partial charge on any atom is 0.319 e. The lowest BCUT2D eigenvalue weighted by Gasteiger charge is -2.33. The van der Waals surface area contributed by atoms with Crippen LogP contribution in [0.3, 0.4) is 0 Å². The summed E-state index contributed by atoms with van der Waals surface area (Å²) in [6.07, 6.45) is 2.59. The fraction of sp³-hybridized carbons (Fsp3) is 0.381. The van der Waals surface area contributed by atoms with Crippen LogP contribution in [-0.2, 0) is 0 Å². The number of nitrogens with zero attached hydrogens (tertiary/aromatic N) is 1. The van der Waals surface area contributed by atoms with E-state index in [1.165, 1.54) is 18.5 Å². The fourth-order valence-electron chi connectivity index (χ4n) is 3.37. The van der Waals surface area contributed by atoms with Gasteiger partial charge in [0.1, 0.15) is 0 Å². The number of anilines is 2. The first kappa shape index (κ1) is 17.3. The van der Waals surface area contributed by atoms with Gasteiger partial charge in [0.05, 0.1) is 6.04 Å². The molecule has 2 amide bonds. The van der Waals surface area contributed by atoms with Gasteiger partial charge < -0.3 is 15.5 Å². The first-order valence-corrected chi connectivity index (χ1v) is 9.09. The highest BCUT2D eigenvalue weighted by Gasteiger charge is 2.17. The summed E-state index contributed by atoms with van der Waals surface area (Å²) in [5.74, 6) is 0.760. The summed E-state index contributed by atoms with van der Waals surface area (Å²) in [5, 5.41) is 5.84. The smallest absolute Gasteiger partial charge is 0.319 e. The van der Waals surface area contributed by atoms with E-state index in [1.54, 1.807) is 0 Å². The Balaban J connectivity index is 1.57. The van der Waals surface area contributed by atoms with E-state index in [4.69, 9.17) is 0 Å². The predicted molar refractivity (Wildman–Crippen MR) is 104 cm³/mol. The van der Waals surface area contributed by atoms with E-state index in [0.717, 1.165) is 30.3 Å². The lowest BCUT2D eigenvalue weighted by atomic mass is 9.99. The highest BCUT2D eigenvalue weighted by molar-refractivity contribution is 5.89. The summed E-state index contributed by atoms with van der Waals surface area (Å²) in [6.45, 7) is 6.59. The van der Waals surface area contributed by atoms with Crippen LogP contribution in [0.4, 0.5) is 16.2 Å². The fourth-order valence-corrected chi connectivity index (χ4v) is 3.37. The number of hydrogen-bond acceptors (Lipinski definition) is 2. The van der Waals surface area contributed by atoms with E-state index >= 15 is 0 Å². The largest absolute Gasteiger partial charge is 0.371 e. The molecule has 0 saturated carbocycles. The normalized spacial score (nSPS) is 18.5. The van der Waals surface area contributed by atoms with Crippen molar-refractivity contribution in [1.29, 1.82) is 0 Å². The van der Waals surface area contributed by atoms with Crippen LogP contribution in [0.15, 0.2) is 54.6 Å². The summed E-state index contributed by atoms with van der Waals surface area (Å²) < 4.78 is 0. The minimum absolute atomic E-state index is 0.0435. The Bertz CT molecular complexity index is 684. The number of hydrogen-bond donors (Lipinski definition) is 2. The third kappa shape index (κ3) is 4.75. The second-order valence-corrected chi connectivity index (χ2v) is 6.97. The van der Waals surface area contributed by atoms with Crippen molar-refractivity contribution >= 4 is 17.4 Å². The van der Waals surface area contributed by atoms with E-state index < -0.39 is 0 Å².